The van der Waals surface area contributed by atoms with Gasteiger partial charge >= 0.3 is 5.97 Å². The van der Waals surface area contributed by atoms with Crippen molar-refractivity contribution in [1.82, 2.24) is 9.88 Å². The van der Waals surface area contributed by atoms with Gasteiger partial charge in [0.2, 0.25) is 0 Å². The quantitative estimate of drug-likeness (QED) is 0.888. The van der Waals surface area contributed by atoms with Crippen molar-refractivity contribution in [1.29, 1.82) is 0 Å². The van der Waals surface area contributed by atoms with Crippen molar-refractivity contribution in [2.75, 3.05) is 37.6 Å². The van der Waals surface area contributed by atoms with Crippen LogP contribution in [0.5, 0.6) is 0 Å². The van der Waals surface area contributed by atoms with Crippen LogP contribution >= 0.6 is 0 Å². The Kier molecular flexibility index (Phi) is 4.60. The topological polar surface area (TPSA) is 56.7 Å². The van der Waals surface area contributed by atoms with E-state index in [1.165, 1.54) is 0 Å². The lowest BCUT2D eigenvalue weighted by Crippen LogP contribution is -2.51. The van der Waals surface area contributed by atoms with E-state index in [4.69, 9.17) is 0 Å². The molecule has 1 fully saturated rings. The maximum absolute atomic E-state index is 11.4. The average Bonchev–Trinajstić information content (AvgIpc) is 2.48. The molecule has 1 aromatic rings. The summed E-state index contributed by atoms with van der Waals surface area (Å²) in [6, 6.07) is 5.93. The van der Waals surface area contributed by atoms with Crippen molar-refractivity contribution in [2.45, 2.75) is 20.3 Å². The number of anilines is 1. The minimum absolute atomic E-state index is 0.620. The van der Waals surface area contributed by atoms with Gasteiger partial charge in [0, 0.05) is 38.9 Å². The fraction of sp³-hybridized carbons (Fsp3) is 0.600. The Labute approximate surface area is 120 Å². The molecule has 0 bridgehead atoms. The molecule has 0 saturated carbocycles. The van der Waals surface area contributed by atoms with E-state index >= 15 is 0 Å². The number of pyridine rings is 1. The molecule has 1 atom stereocenters. The zero-order chi connectivity index (χ0) is 14.6. The number of carbonyl (C=O) groups is 1. The zero-order valence-electron chi connectivity index (χ0n) is 12.2. The summed E-state index contributed by atoms with van der Waals surface area (Å²) in [4.78, 5) is 20.2. The summed E-state index contributed by atoms with van der Waals surface area (Å²) in [6.45, 7) is 7.97. The van der Waals surface area contributed by atoms with Gasteiger partial charge in [-0.25, -0.2) is 4.98 Å². The molecule has 0 spiro atoms. The monoisotopic (exact) mass is 277 g/mol. The van der Waals surface area contributed by atoms with E-state index < -0.39 is 11.4 Å². The predicted molar refractivity (Wildman–Crippen MR) is 78.9 cm³/mol. The van der Waals surface area contributed by atoms with Crippen LogP contribution in [-0.4, -0.2) is 53.7 Å². The van der Waals surface area contributed by atoms with Gasteiger partial charge in [-0.3, -0.25) is 9.69 Å². The van der Waals surface area contributed by atoms with E-state index in [0.29, 0.717) is 13.0 Å². The largest absolute Gasteiger partial charge is 0.481 e. The van der Waals surface area contributed by atoms with Gasteiger partial charge in [-0.1, -0.05) is 13.0 Å². The van der Waals surface area contributed by atoms with E-state index in [9.17, 15) is 9.90 Å². The van der Waals surface area contributed by atoms with E-state index in [1.54, 1.807) is 6.20 Å². The molecule has 1 N–H and O–H groups in total. The second-order valence-electron chi connectivity index (χ2n) is 5.67. The minimum Gasteiger partial charge on any atom is -0.481 e. The molecule has 1 unspecified atom stereocenters. The molecule has 20 heavy (non-hydrogen) atoms. The lowest BCUT2D eigenvalue weighted by molar-refractivity contribution is -0.149. The highest BCUT2D eigenvalue weighted by Gasteiger charge is 2.34. The highest BCUT2D eigenvalue weighted by atomic mass is 16.4. The first kappa shape index (κ1) is 14.8. The van der Waals surface area contributed by atoms with Crippen molar-refractivity contribution >= 4 is 11.8 Å². The number of carboxylic acids is 1. The van der Waals surface area contributed by atoms with Gasteiger partial charge in [0.1, 0.15) is 5.82 Å². The lowest BCUT2D eigenvalue weighted by Gasteiger charge is -2.38. The molecule has 0 aliphatic carbocycles. The number of aliphatic carboxylic acids is 1. The van der Waals surface area contributed by atoms with Crippen molar-refractivity contribution < 1.29 is 9.90 Å². The fourth-order valence-electron chi connectivity index (χ4n) is 2.50. The molecule has 1 aliphatic heterocycles. The lowest BCUT2D eigenvalue weighted by atomic mass is 9.87. The van der Waals surface area contributed by atoms with Crippen LogP contribution in [0.2, 0.25) is 0 Å². The third-order valence-corrected chi connectivity index (χ3v) is 4.21. The van der Waals surface area contributed by atoms with Crippen LogP contribution < -0.4 is 4.90 Å². The Morgan fingerprint density at radius 3 is 2.55 bits per heavy atom. The molecular formula is C15H23N3O2. The third kappa shape index (κ3) is 3.28. The second kappa shape index (κ2) is 6.22. The summed E-state index contributed by atoms with van der Waals surface area (Å²) in [5, 5.41) is 9.35. The van der Waals surface area contributed by atoms with Crippen LogP contribution in [0.4, 0.5) is 5.82 Å². The van der Waals surface area contributed by atoms with Crippen molar-refractivity contribution in [2.24, 2.45) is 5.41 Å². The van der Waals surface area contributed by atoms with Crippen LogP contribution in [-0.2, 0) is 4.79 Å². The zero-order valence-corrected chi connectivity index (χ0v) is 12.2. The van der Waals surface area contributed by atoms with Crippen LogP contribution in [0.25, 0.3) is 0 Å². The number of piperazine rings is 1. The van der Waals surface area contributed by atoms with Gasteiger partial charge in [-0.05, 0) is 25.5 Å². The molecule has 0 aromatic carbocycles. The smallest absolute Gasteiger partial charge is 0.310 e. The Hall–Kier alpha value is -1.62. The summed E-state index contributed by atoms with van der Waals surface area (Å²) >= 11 is 0. The first-order chi connectivity index (χ1) is 9.55. The van der Waals surface area contributed by atoms with E-state index in [-0.39, 0.29) is 0 Å². The predicted octanol–water partition coefficient (Wildman–Crippen LogP) is 1.70. The number of hydrogen-bond donors (Lipinski definition) is 1. The molecular weight excluding hydrogens is 254 g/mol. The minimum atomic E-state index is -0.702. The Bertz CT molecular complexity index is 444. The van der Waals surface area contributed by atoms with Crippen LogP contribution in [0.3, 0.4) is 0 Å². The summed E-state index contributed by atoms with van der Waals surface area (Å²) < 4.78 is 0. The Morgan fingerprint density at radius 1 is 1.35 bits per heavy atom. The van der Waals surface area contributed by atoms with E-state index in [1.807, 2.05) is 32.0 Å². The molecule has 0 radical (unpaired) electrons. The van der Waals surface area contributed by atoms with Crippen LogP contribution in [0.1, 0.15) is 20.3 Å². The normalized spacial score (nSPS) is 19.6. The van der Waals surface area contributed by atoms with Gasteiger partial charge in [-0.2, -0.15) is 0 Å². The van der Waals surface area contributed by atoms with Crippen molar-refractivity contribution in [3.05, 3.63) is 24.4 Å². The Balaban J connectivity index is 1.90. The maximum Gasteiger partial charge on any atom is 0.310 e. The molecule has 1 aliphatic rings. The van der Waals surface area contributed by atoms with Gasteiger partial charge < -0.3 is 10.0 Å². The molecule has 5 heteroatoms. The molecule has 5 nitrogen and oxygen atoms in total. The number of aromatic nitrogens is 1. The molecule has 1 saturated heterocycles. The summed E-state index contributed by atoms with van der Waals surface area (Å²) in [6.07, 6.45) is 2.46. The van der Waals surface area contributed by atoms with Gasteiger partial charge in [0.05, 0.1) is 5.41 Å². The third-order valence-electron chi connectivity index (χ3n) is 4.21. The number of nitrogens with zero attached hydrogens (tertiary/aromatic N) is 3. The summed E-state index contributed by atoms with van der Waals surface area (Å²) in [7, 11) is 0. The van der Waals surface area contributed by atoms with Gasteiger partial charge in [0.25, 0.3) is 0 Å². The first-order valence-corrected chi connectivity index (χ1v) is 7.17. The molecule has 1 aromatic heterocycles. The van der Waals surface area contributed by atoms with Crippen molar-refractivity contribution in [3.63, 3.8) is 0 Å². The first-order valence-electron chi connectivity index (χ1n) is 7.17. The second-order valence-corrected chi connectivity index (χ2v) is 5.67. The van der Waals surface area contributed by atoms with Crippen LogP contribution in [0, 0.1) is 5.41 Å². The highest BCUT2D eigenvalue weighted by Crippen LogP contribution is 2.24. The highest BCUT2D eigenvalue weighted by molar-refractivity contribution is 5.74. The molecule has 2 rings (SSSR count). The molecule has 2 heterocycles. The van der Waals surface area contributed by atoms with E-state index in [0.717, 1.165) is 32.0 Å². The number of carboxylic acid groups (broad SMARTS) is 1. The average molecular weight is 277 g/mol. The van der Waals surface area contributed by atoms with E-state index in [2.05, 4.69) is 14.8 Å². The standard InChI is InChI=1S/C15H23N3O2/c1-3-15(2,14(19)20)12-17-8-10-18(11-9-17)13-6-4-5-7-16-13/h4-7H,3,8-12H2,1-2H3,(H,19,20). The number of rotatable bonds is 5. The van der Waals surface area contributed by atoms with Gasteiger partial charge in [-0.15, -0.1) is 0 Å². The SMILES string of the molecule is CCC(C)(CN1CCN(c2ccccn2)CC1)C(=O)O. The maximum atomic E-state index is 11.4. The van der Waals surface area contributed by atoms with Crippen LogP contribution in [0.15, 0.2) is 24.4 Å². The fourth-order valence-corrected chi connectivity index (χ4v) is 2.50. The number of hydrogen-bond acceptors (Lipinski definition) is 4. The van der Waals surface area contributed by atoms with Crippen molar-refractivity contribution in [3.8, 4) is 0 Å². The Morgan fingerprint density at radius 2 is 2.05 bits per heavy atom. The summed E-state index contributed by atoms with van der Waals surface area (Å²) in [5.74, 6) is 0.302. The van der Waals surface area contributed by atoms with Gasteiger partial charge in [0.15, 0.2) is 0 Å². The molecule has 110 valence electrons. The summed E-state index contributed by atoms with van der Waals surface area (Å²) in [5.41, 5.74) is -0.646. The molecule has 0 amide bonds.